The number of pyridine rings is 1. The first-order valence-corrected chi connectivity index (χ1v) is 8.38. The number of carbonyl (C=O) groups excluding carboxylic acids is 3. The SMILES string of the molecule is CCOC(=O)C(CC1CN(C(C)=O)c2c(F)c(F)nc(F)c21)C(=O)OCC. The second-order valence-corrected chi connectivity index (χ2v) is 5.89. The summed E-state index contributed by atoms with van der Waals surface area (Å²) in [6, 6.07) is 0. The number of rotatable bonds is 6. The third-order valence-electron chi connectivity index (χ3n) is 4.19. The fourth-order valence-electron chi connectivity index (χ4n) is 3.08. The number of hydrogen-bond donors (Lipinski definition) is 0. The molecule has 1 aliphatic heterocycles. The third kappa shape index (κ3) is 4.04. The van der Waals surface area contributed by atoms with Crippen LogP contribution in [0.3, 0.4) is 0 Å². The lowest BCUT2D eigenvalue weighted by atomic mass is 9.90. The Hall–Kier alpha value is -2.65. The summed E-state index contributed by atoms with van der Waals surface area (Å²) in [5.74, 6) is -9.22. The molecule has 0 saturated heterocycles. The number of nitrogens with zero attached hydrogens (tertiary/aromatic N) is 2. The van der Waals surface area contributed by atoms with Crippen molar-refractivity contribution in [3.63, 3.8) is 0 Å². The van der Waals surface area contributed by atoms with Crippen LogP contribution in [-0.2, 0) is 23.9 Å². The summed E-state index contributed by atoms with van der Waals surface area (Å²) in [6.45, 7) is 3.97. The molecule has 0 N–H and O–H groups in total. The van der Waals surface area contributed by atoms with E-state index in [9.17, 15) is 27.6 Å². The zero-order chi connectivity index (χ0) is 20.3. The zero-order valence-corrected chi connectivity index (χ0v) is 15.1. The van der Waals surface area contributed by atoms with Crippen LogP contribution in [0.25, 0.3) is 0 Å². The number of ether oxygens (including phenoxy) is 2. The van der Waals surface area contributed by atoms with Gasteiger partial charge in [-0.25, -0.2) is 0 Å². The van der Waals surface area contributed by atoms with Gasteiger partial charge in [0.05, 0.1) is 18.9 Å². The lowest BCUT2D eigenvalue weighted by molar-refractivity contribution is -0.162. The summed E-state index contributed by atoms with van der Waals surface area (Å²) in [4.78, 5) is 39.8. The van der Waals surface area contributed by atoms with Crippen molar-refractivity contribution in [2.24, 2.45) is 5.92 Å². The van der Waals surface area contributed by atoms with Crippen molar-refractivity contribution in [2.75, 3.05) is 24.7 Å². The normalized spacial score (nSPS) is 15.7. The second-order valence-electron chi connectivity index (χ2n) is 5.89. The molecule has 1 atom stereocenters. The summed E-state index contributed by atoms with van der Waals surface area (Å²) in [5, 5.41) is 0. The van der Waals surface area contributed by atoms with E-state index in [0.29, 0.717) is 0 Å². The van der Waals surface area contributed by atoms with E-state index in [4.69, 9.17) is 9.47 Å². The Morgan fingerprint density at radius 3 is 2.15 bits per heavy atom. The second kappa shape index (κ2) is 8.36. The quantitative estimate of drug-likeness (QED) is 0.421. The van der Waals surface area contributed by atoms with Crippen molar-refractivity contribution in [3.05, 3.63) is 23.3 Å². The number of hydrogen-bond acceptors (Lipinski definition) is 6. The molecule has 0 aliphatic carbocycles. The van der Waals surface area contributed by atoms with Crippen LogP contribution in [0.1, 0.15) is 38.7 Å². The zero-order valence-electron chi connectivity index (χ0n) is 15.1. The van der Waals surface area contributed by atoms with E-state index in [1.165, 1.54) is 0 Å². The fraction of sp³-hybridized carbons (Fsp3) is 0.529. The Labute approximate surface area is 153 Å². The summed E-state index contributed by atoms with van der Waals surface area (Å²) in [6.07, 6.45) is -0.307. The highest BCUT2D eigenvalue weighted by atomic mass is 19.2. The Morgan fingerprint density at radius 1 is 1.11 bits per heavy atom. The molecular formula is C17H19F3N2O5. The van der Waals surface area contributed by atoms with Crippen LogP contribution in [0.15, 0.2) is 0 Å². The van der Waals surface area contributed by atoms with E-state index in [1.54, 1.807) is 13.8 Å². The maximum absolute atomic E-state index is 14.3. The lowest BCUT2D eigenvalue weighted by Crippen LogP contribution is -2.32. The first-order valence-electron chi connectivity index (χ1n) is 8.38. The van der Waals surface area contributed by atoms with E-state index in [-0.39, 0.29) is 31.7 Å². The van der Waals surface area contributed by atoms with Gasteiger partial charge in [0, 0.05) is 24.9 Å². The highest BCUT2D eigenvalue weighted by Crippen LogP contribution is 2.43. The van der Waals surface area contributed by atoms with Gasteiger partial charge in [-0.05, 0) is 20.3 Å². The molecule has 0 radical (unpaired) electrons. The molecule has 10 heteroatoms. The molecule has 1 amide bonds. The summed E-state index contributed by atoms with van der Waals surface area (Å²) in [5.41, 5.74) is -0.924. The number of halogens is 3. The molecule has 0 fully saturated rings. The first kappa shape index (κ1) is 20.7. The minimum Gasteiger partial charge on any atom is -0.465 e. The Bertz CT molecular complexity index is 753. The van der Waals surface area contributed by atoms with Gasteiger partial charge in [-0.15, -0.1) is 0 Å². The van der Waals surface area contributed by atoms with Gasteiger partial charge in [-0.1, -0.05) is 0 Å². The van der Waals surface area contributed by atoms with E-state index in [0.717, 1.165) is 11.8 Å². The van der Waals surface area contributed by atoms with Crippen LogP contribution in [0.2, 0.25) is 0 Å². The van der Waals surface area contributed by atoms with Crippen LogP contribution >= 0.6 is 0 Å². The van der Waals surface area contributed by atoms with Crippen molar-refractivity contribution < 1.29 is 37.0 Å². The summed E-state index contributed by atoms with van der Waals surface area (Å²) < 4.78 is 51.7. The van der Waals surface area contributed by atoms with Crippen molar-refractivity contribution in [3.8, 4) is 0 Å². The molecule has 27 heavy (non-hydrogen) atoms. The van der Waals surface area contributed by atoms with Crippen LogP contribution in [0, 0.1) is 23.6 Å². The van der Waals surface area contributed by atoms with E-state index in [2.05, 4.69) is 4.98 Å². The monoisotopic (exact) mass is 388 g/mol. The summed E-state index contributed by atoms with van der Waals surface area (Å²) in [7, 11) is 0. The van der Waals surface area contributed by atoms with Crippen LogP contribution in [0.4, 0.5) is 18.9 Å². The highest BCUT2D eigenvalue weighted by Gasteiger charge is 2.42. The van der Waals surface area contributed by atoms with Crippen molar-refractivity contribution >= 4 is 23.5 Å². The number of esters is 2. The Balaban J connectivity index is 2.44. The van der Waals surface area contributed by atoms with Crippen molar-refractivity contribution in [1.29, 1.82) is 0 Å². The molecular weight excluding hydrogens is 369 g/mol. The average molecular weight is 388 g/mol. The van der Waals surface area contributed by atoms with Crippen LogP contribution in [0.5, 0.6) is 0 Å². The molecule has 1 unspecified atom stereocenters. The topological polar surface area (TPSA) is 85.8 Å². The molecule has 7 nitrogen and oxygen atoms in total. The molecule has 0 spiro atoms. The van der Waals surface area contributed by atoms with Gasteiger partial charge in [0.25, 0.3) is 5.95 Å². The first-order chi connectivity index (χ1) is 12.7. The standard InChI is InChI=1S/C17H19F3N2O5/c1-4-26-16(24)10(17(25)27-5-2)6-9-7-22(8(3)23)13-11(9)14(19)21-15(20)12(13)18/h9-10H,4-7H2,1-3H3. The lowest BCUT2D eigenvalue weighted by Gasteiger charge is -2.19. The predicted octanol–water partition coefficient (Wildman–Crippen LogP) is 2.08. The van der Waals surface area contributed by atoms with E-state index < -0.39 is 53.1 Å². The van der Waals surface area contributed by atoms with Gasteiger partial charge < -0.3 is 14.4 Å². The molecule has 2 rings (SSSR count). The molecule has 1 aromatic rings. The minimum absolute atomic E-state index is 0.00528. The van der Waals surface area contributed by atoms with Gasteiger partial charge in [0.15, 0.2) is 5.92 Å². The Morgan fingerprint density at radius 2 is 1.67 bits per heavy atom. The number of aromatic nitrogens is 1. The molecule has 0 saturated carbocycles. The molecule has 1 aromatic heterocycles. The summed E-state index contributed by atoms with van der Waals surface area (Å²) >= 11 is 0. The molecule has 0 bridgehead atoms. The number of carbonyl (C=O) groups is 3. The molecule has 0 aromatic carbocycles. The molecule has 1 aliphatic rings. The van der Waals surface area contributed by atoms with Gasteiger partial charge in [-0.2, -0.15) is 18.2 Å². The smallest absolute Gasteiger partial charge is 0.320 e. The van der Waals surface area contributed by atoms with Crippen molar-refractivity contribution in [2.45, 2.75) is 33.1 Å². The van der Waals surface area contributed by atoms with Crippen LogP contribution in [-0.4, -0.2) is 42.6 Å². The predicted molar refractivity (Wildman–Crippen MR) is 86.3 cm³/mol. The highest BCUT2D eigenvalue weighted by molar-refractivity contribution is 5.96. The molecule has 148 valence electrons. The van der Waals surface area contributed by atoms with Crippen LogP contribution < -0.4 is 4.90 Å². The fourth-order valence-corrected chi connectivity index (χ4v) is 3.08. The Kier molecular flexibility index (Phi) is 6.40. The number of anilines is 1. The van der Waals surface area contributed by atoms with Gasteiger partial charge in [0.1, 0.15) is 0 Å². The average Bonchev–Trinajstić information content (AvgIpc) is 2.98. The number of amides is 1. The van der Waals surface area contributed by atoms with Crippen molar-refractivity contribution in [1.82, 2.24) is 4.98 Å². The maximum atomic E-state index is 14.3. The van der Waals surface area contributed by atoms with Gasteiger partial charge in [0.2, 0.25) is 17.7 Å². The maximum Gasteiger partial charge on any atom is 0.320 e. The minimum atomic E-state index is -1.68. The van der Waals surface area contributed by atoms with Gasteiger partial charge in [-0.3, -0.25) is 14.4 Å². The van der Waals surface area contributed by atoms with E-state index >= 15 is 0 Å². The number of fused-ring (bicyclic) bond motifs is 1. The molecule has 2 heterocycles. The van der Waals surface area contributed by atoms with E-state index in [1.807, 2.05) is 0 Å². The largest absolute Gasteiger partial charge is 0.465 e. The van der Waals surface area contributed by atoms with Gasteiger partial charge >= 0.3 is 11.9 Å². The third-order valence-corrected chi connectivity index (χ3v) is 4.19.